The molecule has 0 saturated carbocycles. The third kappa shape index (κ3) is 8.75. The van der Waals surface area contributed by atoms with Gasteiger partial charge in [-0.3, -0.25) is 14.5 Å². The molecule has 0 spiro atoms. The molecule has 1 fully saturated rings. The molecular formula is C50H41N5O8S2. The summed E-state index contributed by atoms with van der Waals surface area (Å²) in [6.45, 7) is 0.00885. The zero-order chi connectivity index (χ0) is 44.8. The van der Waals surface area contributed by atoms with Crippen molar-refractivity contribution in [3.63, 3.8) is 0 Å². The second kappa shape index (κ2) is 19.1. The van der Waals surface area contributed by atoms with Crippen molar-refractivity contribution in [2.24, 2.45) is 5.16 Å². The van der Waals surface area contributed by atoms with E-state index in [0.717, 1.165) is 27.8 Å². The summed E-state index contributed by atoms with van der Waals surface area (Å²) < 4.78 is 17.4. The molecule has 3 aliphatic heterocycles. The Balaban J connectivity index is 0.979. The van der Waals surface area contributed by atoms with Crippen LogP contribution in [0.4, 0.5) is 5.13 Å². The molecule has 1 saturated heterocycles. The van der Waals surface area contributed by atoms with E-state index in [-0.39, 0.29) is 41.8 Å². The van der Waals surface area contributed by atoms with E-state index < -0.39 is 46.8 Å². The molecule has 5 aromatic carbocycles. The lowest BCUT2D eigenvalue weighted by atomic mass is 9.77. The van der Waals surface area contributed by atoms with Gasteiger partial charge in [0.05, 0.1) is 5.75 Å². The van der Waals surface area contributed by atoms with Gasteiger partial charge in [0.2, 0.25) is 0 Å². The maximum absolute atomic E-state index is 14.4. The summed E-state index contributed by atoms with van der Waals surface area (Å²) in [6, 6.07) is 47.6. The van der Waals surface area contributed by atoms with Gasteiger partial charge in [0.15, 0.2) is 22.6 Å². The SMILES string of the molecule is CO/N=C(\C(=O)N[C@@H]1C(=O)N2C(C(=O)OC(c3ccccc3)c3ccccc3)=C(OCC3=CC(=O)OC3)CS[C@H]12)c1csc(NC(c2ccccc2)(c2ccccc2)c2ccccc2)n1. The molecule has 4 heterocycles. The molecule has 13 nitrogen and oxygen atoms in total. The number of hydrogen-bond acceptors (Lipinski definition) is 13. The number of nitrogens with one attached hydrogen (secondary N) is 2. The Morgan fingerprint density at radius 2 is 1.38 bits per heavy atom. The van der Waals surface area contributed by atoms with Crippen molar-refractivity contribution >= 4 is 57.7 Å². The zero-order valence-corrected chi connectivity index (χ0v) is 36.5. The molecule has 1 aromatic heterocycles. The molecule has 326 valence electrons. The number of carbonyl (C=O) groups excluding carboxylic acids is 4. The van der Waals surface area contributed by atoms with Crippen LogP contribution in [0.1, 0.15) is 39.6 Å². The summed E-state index contributed by atoms with van der Waals surface area (Å²) in [7, 11) is 1.32. The third-order valence-corrected chi connectivity index (χ3v) is 13.1. The highest BCUT2D eigenvalue weighted by molar-refractivity contribution is 8.00. The number of anilines is 1. The maximum Gasteiger partial charge on any atom is 0.359 e. The fourth-order valence-corrected chi connectivity index (χ4v) is 10.0. The first kappa shape index (κ1) is 42.8. The molecule has 2 N–H and O–H groups in total. The fourth-order valence-electron chi connectivity index (χ4n) is 8.00. The summed E-state index contributed by atoms with van der Waals surface area (Å²) in [5.41, 5.74) is 4.03. The van der Waals surface area contributed by atoms with Crippen LogP contribution in [-0.4, -0.2) is 76.8 Å². The van der Waals surface area contributed by atoms with E-state index in [1.807, 2.05) is 115 Å². The summed E-state index contributed by atoms with van der Waals surface area (Å²) in [5, 5.41) is 12.1. The van der Waals surface area contributed by atoms with Crippen LogP contribution in [0.3, 0.4) is 0 Å². The molecule has 2 atom stereocenters. The van der Waals surface area contributed by atoms with Gasteiger partial charge in [0, 0.05) is 17.0 Å². The van der Waals surface area contributed by atoms with Gasteiger partial charge in [-0.15, -0.1) is 23.1 Å². The molecule has 6 aromatic rings. The van der Waals surface area contributed by atoms with Crippen LogP contribution in [0.25, 0.3) is 0 Å². The Kier molecular flexibility index (Phi) is 12.6. The Morgan fingerprint density at radius 1 is 0.831 bits per heavy atom. The van der Waals surface area contributed by atoms with Crippen molar-refractivity contribution in [3.8, 4) is 0 Å². The summed E-state index contributed by atoms with van der Waals surface area (Å²) in [6.07, 6.45) is 0.524. The van der Waals surface area contributed by atoms with Crippen LogP contribution >= 0.6 is 23.1 Å². The second-order valence-corrected chi connectivity index (χ2v) is 17.0. The molecule has 9 rings (SSSR count). The quantitative estimate of drug-likeness (QED) is 0.0329. The van der Waals surface area contributed by atoms with Crippen LogP contribution in [0, 0.1) is 0 Å². The molecule has 65 heavy (non-hydrogen) atoms. The number of benzene rings is 5. The number of thiazole rings is 1. The van der Waals surface area contributed by atoms with Gasteiger partial charge in [0.25, 0.3) is 11.8 Å². The topological polar surface area (TPSA) is 158 Å². The van der Waals surface area contributed by atoms with Crippen LogP contribution < -0.4 is 10.6 Å². The van der Waals surface area contributed by atoms with Crippen molar-refractivity contribution in [2.75, 3.05) is 31.4 Å². The van der Waals surface area contributed by atoms with E-state index in [1.54, 1.807) is 5.38 Å². The third-order valence-electron chi connectivity index (χ3n) is 11.1. The van der Waals surface area contributed by atoms with Gasteiger partial charge < -0.3 is 29.7 Å². The zero-order valence-electron chi connectivity index (χ0n) is 34.9. The number of rotatable bonds is 16. The number of fused-ring (bicyclic) bond motifs is 1. The fraction of sp³-hybridized carbons (Fsp3) is 0.160. The molecule has 0 aliphatic carbocycles. The minimum Gasteiger partial charge on any atom is -0.490 e. The van der Waals surface area contributed by atoms with Gasteiger partial charge in [-0.25, -0.2) is 14.6 Å². The first-order valence-corrected chi connectivity index (χ1v) is 22.6. The normalized spacial score (nSPS) is 17.1. The van der Waals surface area contributed by atoms with Gasteiger partial charge in [-0.05, 0) is 27.8 Å². The van der Waals surface area contributed by atoms with Crippen LogP contribution in [0.15, 0.2) is 185 Å². The van der Waals surface area contributed by atoms with E-state index in [0.29, 0.717) is 10.7 Å². The predicted octanol–water partition coefficient (Wildman–Crippen LogP) is 7.34. The van der Waals surface area contributed by atoms with Gasteiger partial charge in [0.1, 0.15) is 48.7 Å². The van der Waals surface area contributed by atoms with Crippen molar-refractivity contribution in [3.05, 3.63) is 214 Å². The van der Waals surface area contributed by atoms with Gasteiger partial charge in [-0.1, -0.05) is 157 Å². The number of aromatic nitrogens is 1. The molecule has 15 heteroatoms. The monoisotopic (exact) mass is 903 g/mol. The number of ether oxygens (including phenoxy) is 3. The standard InChI is InChI=1S/C50H41N5O8S2/c1-60-54-41(38-30-65-49(51-38)53-50(35-21-11-4-12-22-35,36-23-13-5-14-24-36)37-25-15-6-16-26-37)45(57)52-42-46(58)55-43(39(31-64-47(42)55)61-28-32-27-40(56)62-29-32)48(59)63-44(33-17-7-2-8-18-33)34-19-9-3-10-20-34/h2-27,30,42,44,47H,28-29,31H2,1H3,(H,51,53)(H,52,57)/b54-41-/t42-,47-/m1/s1. The van der Waals surface area contributed by atoms with Crippen LogP contribution in [-0.2, 0) is 43.8 Å². The number of carbonyl (C=O) groups is 4. The summed E-state index contributed by atoms with van der Waals surface area (Å²) in [5.74, 6) is -2.20. The number of amides is 2. The number of thioether (sulfide) groups is 1. The molecule has 3 aliphatic rings. The highest BCUT2D eigenvalue weighted by atomic mass is 32.2. The Labute approximate surface area is 382 Å². The molecule has 2 amide bonds. The number of oxime groups is 1. The first-order chi connectivity index (χ1) is 31.8. The Hall–Kier alpha value is -7.49. The lowest BCUT2D eigenvalue weighted by Crippen LogP contribution is -2.71. The van der Waals surface area contributed by atoms with E-state index in [4.69, 9.17) is 24.0 Å². The molecule has 0 radical (unpaired) electrons. The number of β-lactam (4-membered cyclic amide) rings is 1. The number of nitrogens with zero attached hydrogens (tertiary/aromatic N) is 3. The van der Waals surface area contributed by atoms with E-state index in [2.05, 4.69) is 52.2 Å². The molecular weight excluding hydrogens is 863 g/mol. The summed E-state index contributed by atoms with van der Waals surface area (Å²) in [4.78, 5) is 66.0. The largest absolute Gasteiger partial charge is 0.490 e. The maximum atomic E-state index is 14.4. The van der Waals surface area contributed by atoms with Crippen LogP contribution in [0.2, 0.25) is 0 Å². The second-order valence-electron chi connectivity index (χ2n) is 15.1. The molecule has 0 unspecified atom stereocenters. The summed E-state index contributed by atoms with van der Waals surface area (Å²) >= 11 is 2.59. The van der Waals surface area contributed by atoms with Crippen molar-refractivity contribution in [1.82, 2.24) is 15.2 Å². The highest BCUT2D eigenvalue weighted by Gasteiger charge is 2.56. The van der Waals surface area contributed by atoms with E-state index in [1.165, 1.54) is 41.2 Å². The van der Waals surface area contributed by atoms with E-state index in [9.17, 15) is 19.2 Å². The van der Waals surface area contributed by atoms with E-state index >= 15 is 0 Å². The van der Waals surface area contributed by atoms with Crippen molar-refractivity contribution < 1.29 is 38.2 Å². The predicted molar refractivity (Wildman–Crippen MR) is 246 cm³/mol. The Morgan fingerprint density at radius 3 is 1.91 bits per heavy atom. The number of esters is 2. The van der Waals surface area contributed by atoms with Crippen LogP contribution in [0.5, 0.6) is 0 Å². The Bertz CT molecular complexity index is 2650. The average Bonchev–Trinajstić information content (AvgIpc) is 4.01. The lowest BCUT2D eigenvalue weighted by molar-refractivity contribution is -0.155. The van der Waals surface area contributed by atoms with Crippen molar-refractivity contribution in [2.45, 2.75) is 23.1 Å². The highest BCUT2D eigenvalue weighted by Crippen LogP contribution is 2.43. The lowest BCUT2D eigenvalue weighted by Gasteiger charge is -2.49. The first-order valence-electron chi connectivity index (χ1n) is 20.6. The smallest absolute Gasteiger partial charge is 0.359 e. The van der Waals surface area contributed by atoms with Crippen molar-refractivity contribution in [1.29, 1.82) is 0 Å². The van der Waals surface area contributed by atoms with Gasteiger partial charge >= 0.3 is 11.9 Å². The minimum absolute atomic E-state index is 0.0451. The van der Waals surface area contributed by atoms with Gasteiger partial charge in [-0.2, -0.15) is 0 Å². The minimum atomic E-state index is -1.06. The molecule has 0 bridgehead atoms. The average molecular weight is 904 g/mol. The number of cyclic esters (lactones) is 1. The number of hydrogen-bond donors (Lipinski definition) is 2.